The molecule has 23 heavy (non-hydrogen) atoms. The van der Waals surface area contributed by atoms with Gasteiger partial charge < -0.3 is 5.32 Å². The Labute approximate surface area is 138 Å². The molecule has 2 aromatic rings. The van der Waals surface area contributed by atoms with E-state index in [2.05, 4.69) is 15.8 Å². The summed E-state index contributed by atoms with van der Waals surface area (Å²) in [6.45, 7) is 2.45. The highest BCUT2D eigenvalue weighted by Gasteiger charge is 2.40. The highest BCUT2D eigenvalue weighted by atomic mass is 32.1. The third kappa shape index (κ3) is 3.32. The molecule has 0 spiro atoms. The summed E-state index contributed by atoms with van der Waals surface area (Å²) >= 11 is 1.55. The standard InChI is InChI=1S/C17H17N3O2S/c1-11-7-8-23-14(11)10-19-20-17(22)15-13(9-18-16(15)21)12-5-3-2-4-6-12/h2-8,10,13,15H,9H2,1H3,(H,18,21)(H,20,22)/b19-10-/t13-,15-/m1/s1. The number of amides is 2. The van der Waals surface area contributed by atoms with Crippen LogP contribution in [0.1, 0.15) is 21.9 Å². The fourth-order valence-corrected chi connectivity index (χ4v) is 3.46. The predicted octanol–water partition coefficient (Wildman–Crippen LogP) is 2.04. The lowest BCUT2D eigenvalue weighted by molar-refractivity contribution is -0.133. The van der Waals surface area contributed by atoms with Gasteiger partial charge in [0.2, 0.25) is 5.91 Å². The summed E-state index contributed by atoms with van der Waals surface area (Å²) in [5.74, 6) is -1.54. The topological polar surface area (TPSA) is 70.6 Å². The number of hydrogen-bond acceptors (Lipinski definition) is 4. The minimum absolute atomic E-state index is 0.164. The SMILES string of the molecule is Cc1ccsc1/C=N\NC(=O)[C@H]1C(=O)NC[C@@H]1c1ccccc1. The van der Waals surface area contributed by atoms with Crippen molar-refractivity contribution >= 4 is 29.4 Å². The lowest BCUT2D eigenvalue weighted by Crippen LogP contribution is -2.34. The smallest absolute Gasteiger partial charge is 0.253 e. The fourth-order valence-electron chi connectivity index (χ4n) is 2.67. The van der Waals surface area contributed by atoms with Crippen molar-refractivity contribution in [3.05, 3.63) is 57.8 Å². The van der Waals surface area contributed by atoms with Gasteiger partial charge in [-0.2, -0.15) is 5.10 Å². The first-order valence-electron chi connectivity index (χ1n) is 7.36. The minimum Gasteiger partial charge on any atom is -0.355 e. The van der Waals surface area contributed by atoms with Crippen LogP contribution in [0.2, 0.25) is 0 Å². The molecule has 2 atom stereocenters. The van der Waals surface area contributed by atoms with Gasteiger partial charge in [-0.3, -0.25) is 9.59 Å². The van der Waals surface area contributed by atoms with E-state index < -0.39 is 5.92 Å². The van der Waals surface area contributed by atoms with Crippen LogP contribution >= 0.6 is 11.3 Å². The number of carbonyl (C=O) groups is 2. The van der Waals surface area contributed by atoms with E-state index in [1.54, 1.807) is 17.6 Å². The van der Waals surface area contributed by atoms with Crippen molar-refractivity contribution < 1.29 is 9.59 Å². The van der Waals surface area contributed by atoms with E-state index in [0.29, 0.717) is 6.54 Å². The molecule has 118 valence electrons. The third-order valence-electron chi connectivity index (χ3n) is 3.95. The number of thiophene rings is 1. The summed E-state index contributed by atoms with van der Waals surface area (Å²) in [4.78, 5) is 25.4. The Morgan fingerprint density at radius 2 is 2.13 bits per heavy atom. The van der Waals surface area contributed by atoms with Crippen molar-refractivity contribution in [2.24, 2.45) is 11.0 Å². The average molecular weight is 327 g/mol. The van der Waals surface area contributed by atoms with E-state index in [1.807, 2.05) is 48.7 Å². The molecular weight excluding hydrogens is 310 g/mol. The zero-order valence-corrected chi connectivity index (χ0v) is 13.5. The molecule has 1 saturated heterocycles. The molecule has 6 heteroatoms. The second kappa shape index (κ2) is 6.75. The number of hydrazone groups is 1. The summed E-state index contributed by atoms with van der Waals surface area (Å²) in [5, 5.41) is 8.72. The summed E-state index contributed by atoms with van der Waals surface area (Å²) < 4.78 is 0. The van der Waals surface area contributed by atoms with Gasteiger partial charge in [-0.05, 0) is 29.5 Å². The minimum atomic E-state index is -0.751. The molecule has 0 unspecified atom stereocenters. The largest absolute Gasteiger partial charge is 0.355 e. The lowest BCUT2D eigenvalue weighted by Gasteiger charge is -2.15. The van der Waals surface area contributed by atoms with Gasteiger partial charge in [-0.15, -0.1) is 11.3 Å². The molecule has 2 N–H and O–H groups in total. The summed E-state index contributed by atoms with van der Waals surface area (Å²) in [5.41, 5.74) is 4.58. The first-order chi connectivity index (χ1) is 11.2. The molecular formula is C17H17N3O2S. The van der Waals surface area contributed by atoms with Crippen molar-refractivity contribution in [1.82, 2.24) is 10.7 Å². The molecule has 2 amide bonds. The van der Waals surface area contributed by atoms with Crippen molar-refractivity contribution in [3.8, 4) is 0 Å². The molecule has 5 nitrogen and oxygen atoms in total. The molecule has 0 aliphatic carbocycles. The Kier molecular flexibility index (Phi) is 4.52. The zero-order chi connectivity index (χ0) is 16.2. The van der Waals surface area contributed by atoms with Crippen molar-refractivity contribution in [1.29, 1.82) is 0 Å². The Bertz CT molecular complexity index is 739. The Balaban J connectivity index is 1.71. The second-order valence-corrected chi connectivity index (χ2v) is 6.39. The average Bonchev–Trinajstić information content (AvgIpc) is 3.14. The van der Waals surface area contributed by atoms with Gasteiger partial charge in [0.15, 0.2) is 0 Å². The van der Waals surface area contributed by atoms with E-state index in [-0.39, 0.29) is 17.7 Å². The van der Waals surface area contributed by atoms with Gasteiger partial charge in [0.05, 0.1) is 6.21 Å². The van der Waals surface area contributed by atoms with Crippen LogP contribution in [0.4, 0.5) is 0 Å². The number of rotatable bonds is 4. The highest BCUT2D eigenvalue weighted by molar-refractivity contribution is 7.11. The van der Waals surface area contributed by atoms with E-state index >= 15 is 0 Å². The second-order valence-electron chi connectivity index (χ2n) is 5.44. The zero-order valence-electron chi connectivity index (χ0n) is 12.7. The van der Waals surface area contributed by atoms with E-state index in [4.69, 9.17) is 0 Å². The maximum absolute atomic E-state index is 12.4. The van der Waals surface area contributed by atoms with Crippen LogP contribution in [0, 0.1) is 12.8 Å². The molecule has 1 aliphatic rings. The van der Waals surface area contributed by atoms with E-state index in [0.717, 1.165) is 16.0 Å². The van der Waals surface area contributed by atoms with Crippen LogP contribution in [0.25, 0.3) is 0 Å². The maximum Gasteiger partial charge on any atom is 0.253 e. The Morgan fingerprint density at radius 3 is 2.83 bits per heavy atom. The van der Waals surface area contributed by atoms with Crippen LogP contribution in [-0.4, -0.2) is 24.6 Å². The molecule has 1 fully saturated rings. The number of benzene rings is 1. The molecule has 0 saturated carbocycles. The van der Waals surface area contributed by atoms with Crippen molar-refractivity contribution in [3.63, 3.8) is 0 Å². The van der Waals surface area contributed by atoms with Crippen LogP contribution in [0.5, 0.6) is 0 Å². The van der Waals surface area contributed by atoms with Crippen molar-refractivity contribution in [2.45, 2.75) is 12.8 Å². The normalized spacial score (nSPS) is 20.7. The van der Waals surface area contributed by atoms with Gasteiger partial charge in [-0.25, -0.2) is 5.43 Å². The summed E-state index contributed by atoms with van der Waals surface area (Å²) in [6.07, 6.45) is 1.61. The Hall–Kier alpha value is -2.47. The molecule has 1 aromatic carbocycles. The number of aryl methyl sites for hydroxylation is 1. The first kappa shape index (κ1) is 15.4. The van der Waals surface area contributed by atoms with Crippen LogP contribution < -0.4 is 10.7 Å². The fraction of sp³-hybridized carbons (Fsp3) is 0.235. The highest BCUT2D eigenvalue weighted by Crippen LogP contribution is 2.28. The van der Waals surface area contributed by atoms with Gasteiger partial charge in [-0.1, -0.05) is 30.3 Å². The number of nitrogens with zero attached hydrogens (tertiary/aromatic N) is 1. The van der Waals surface area contributed by atoms with E-state index in [1.165, 1.54) is 0 Å². The maximum atomic E-state index is 12.4. The van der Waals surface area contributed by atoms with Crippen molar-refractivity contribution in [2.75, 3.05) is 6.54 Å². The van der Waals surface area contributed by atoms with Crippen LogP contribution in [-0.2, 0) is 9.59 Å². The number of nitrogens with one attached hydrogen (secondary N) is 2. The Morgan fingerprint density at radius 1 is 1.35 bits per heavy atom. The molecule has 2 heterocycles. The quantitative estimate of drug-likeness (QED) is 0.512. The molecule has 1 aromatic heterocycles. The van der Waals surface area contributed by atoms with Crippen LogP contribution in [0.15, 0.2) is 46.9 Å². The first-order valence-corrected chi connectivity index (χ1v) is 8.24. The lowest BCUT2D eigenvalue weighted by atomic mass is 9.88. The molecule has 0 bridgehead atoms. The van der Waals surface area contributed by atoms with Gasteiger partial charge in [0.1, 0.15) is 5.92 Å². The van der Waals surface area contributed by atoms with Crippen LogP contribution in [0.3, 0.4) is 0 Å². The number of carbonyl (C=O) groups excluding carboxylic acids is 2. The van der Waals surface area contributed by atoms with E-state index in [9.17, 15) is 9.59 Å². The molecule has 3 rings (SSSR count). The number of hydrogen-bond donors (Lipinski definition) is 2. The molecule has 1 aliphatic heterocycles. The third-order valence-corrected chi connectivity index (χ3v) is 4.90. The summed E-state index contributed by atoms with van der Waals surface area (Å²) in [6, 6.07) is 11.6. The monoisotopic (exact) mass is 327 g/mol. The van der Waals surface area contributed by atoms with Gasteiger partial charge in [0.25, 0.3) is 5.91 Å². The summed E-state index contributed by atoms with van der Waals surface area (Å²) in [7, 11) is 0. The van der Waals surface area contributed by atoms with Gasteiger partial charge >= 0.3 is 0 Å². The molecule has 0 radical (unpaired) electrons. The van der Waals surface area contributed by atoms with Gasteiger partial charge in [0, 0.05) is 17.3 Å². The predicted molar refractivity (Wildman–Crippen MR) is 90.5 cm³/mol.